The molecule has 0 spiro atoms. The van der Waals surface area contributed by atoms with Crippen LogP contribution in [0.1, 0.15) is 25.0 Å². The lowest BCUT2D eigenvalue weighted by molar-refractivity contribution is -0.134. The van der Waals surface area contributed by atoms with Gasteiger partial charge in [-0.25, -0.2) is 9.59 Å². The molecule has 0 saturated carbocycles. The first-order valence-corrected chi connectivity index (χ1v) is 8.65. The number of carboxylic acids is 2. The van der Waals surface area contributed by atoms with Crippen LogP contribution in [0.2, 0.25) is 0 Å². The first-order valence-electron chi connectivity index (χ1n) is 8.65. The molecule has 0 fully saturated rings. The highest BCUT2D eigenvalue weighted by atomic mass is 16.5. The zero-order valence-electron chi connectivity index (χ0n) is 15.4. The van der Waals surface area contributed by atoms with E-state index in [-0.39, 0.29) is 6.04 Å². The Kier molecular flexibility index (Phi) is 6.79. The Morgan fingerprint density at radius 3 is 2.44 bits per heavy atom. The second-order valence-electron chi connectivity index (χ2n) is 6.26. The van der Waals surface area contributed by atoms with Crippen molar-refractivity contribution in [2.45, 2.75) is 32.9 Å². The third-order valence-corrected chi connectivity index (χ3v) is 3.93. The lowest BCUT2D eigenvalue weighted by atomic mass is 10.1. The standard InChI is InChI=1S/C16H20N2O.C4H4O4/c1-3-19-14-5-4-12-8-13-6-7-18(10-11(2)17)16(13)15(12)9-14;5-3(6)1-2-4(7)8/h4-7,9,11H,3,8,10,17H2,1-2H3;1-2H,(H,5,6)(H,7,8)/b;2-1+. The summed E-state index contributed by atoms with van der Waals surface area (Å²) in [6.45, 7) is 5.61. The molecule has 1 aromatic carbocycles. The molecule has 0 aliphatic heterocycles. The maximum Gasteiger partial charge on any atom is 0.328 e. The maximum absolute atomic E-state index is 9.55. The Morgan fingerprint density at radius 1 is 1.22 bits per heavy atom. The third kappa shape index (κ3) is 5.46. The molecule has 1 atom stereocenters. The van der Waals surface area contributed by atoms with E-state index in [1.54, 1.807) is 0 Å². The summed E-state index contributed by atoms with van der Waals surface area (Å²) in [5.41, 5.74) is 11.3. The normalized spacial score (nSPS) is 12.7. The Labute approximate surface area is 157 Å². The third-order valence-electron chi connectivity index (χ3n) is 3.93. The van der Waals surface area contributed by atoms with E-state index in [2.05, 4.69) is 35.0 Å². The molecule has 0 amide bonds. The Balaban J connectivity index is 0.000000279. The molecule has 1 aromatic heterocycles. The van der Waals surface area contributed by atoms with Gasteiger partial charge in [-0.1, -0.05) is 6.07 Å². The van der Waals surface area contributed by atoms with Crippen LogP contribution < -0.4 is 10.5 Å². The summed E-state index contributed by atoms with van der Waals surface area (Å²) in [7, 11) is 0. The van der Waals surface area contributed by atoms with Crippen molar-refractivity contribution in [3.63, 3.8) is 0 Å². The average Bonchev–Trinajstić information content (AvgIpc) is 3.13. The average molecular weight is 372 g/mol. The van der Waals surface area contributed by atoms with Gasteiger partial charge in [0.1, 0.15) is 5.75 Å². The molecule has 1 unspecified atom stereocenters. The summed E-state index contributed by atoms with van der Waals surface area (Å²) in [4.78, 5) is 19.1. The number of hydrogen-bond acceptors (Lipinski definition) is 4. The van der Waals surface area contributed by atoms with Crippen molar-refractivity contribution in [2.24, 2.45) is 5.73 Å². The highest BCUT2D eigenvalue weighted by molar-refractivity contribution is 5.89. The van der Waals surface area contributed by atoms with Crippen LogP contribution in [0.3, 0.4) is 0 Å². The minimum atomic E-state index is -1.26. The van der Waals surface area contributed by atoms with Gasteiger partial charge in [-0.05, 0) is 43.2 Å². The van der Waals surface area contributed by atoms with Crippen LogP contribution in [0.5, 0.6) is 5.75 Å². The fraction of sp³-hybridized carbons (Fsp3) is 0.300. The minimum Gasteiger partial charge on any atom is -0.494 e. The van der Waals surface area contributed by atoms with Gasteiger partial charge in [0.05, 0.1) is 12.3 Å². The topological polar surface area (TPSA) is 115 Å². The number of aliphatic carboxylic acids is 2. The largest absolute Gasteiger partial charge is 0.494 e. The number of benzene rings is 1. The summed E-state index contributed by atoms with van der Waals surface area (Å²) in [5.74, 6) is -1.57. The number of carbonyl (C=O) groups is 2. The van der Waals surface area contributed by atoms with Crippen LogP contribution in [0.25, 0.3) is 11.3 Å². The zero-order chi connectivity index (χ0) is 20.0. The molecule has 1 aliphatic carbocycles. The lowest BCUT2D eigenvalue weighted by Gasteiger charge is -2.12. The molecule has 3 rings (SSSR count). The van der Waals surface area contributed by atoms with Crippen LogP contribution >= 0.6 is 0 Å². The smallest absolute Gasteiger partial charge is 0.328 e. The molecule has 144 valence electrons. The molecule has 7 nitrogen and oxygen atoms in total. The van der Waals surface area contributed by atoms with E-state index >= 15 is 0 Å². The fourth-order valence-corrected chi connectivity index (χ4v) is 2.98. The number of fused-ring (bicyclic) bond motifs is 3. The van der Waals surface area contributed by atoms with Crippen LogP contribution in [0.15, 0.2) is 42.6 Å². The molecular weight excluding hydrogens is 348 g/mol. The van der Waals surface area contributed by atoms with Gasteiger partial charge in [-0.2, -0.15) is 0 Å². The molecule has 0 bridgehead atoms. The van der Waals surface area contributed by atoms with Gasteiger partial charge in [0, 0.05) is 42.9 Å². The van der Waals surface area contributed by atoms with Crippen LogP contribution in [0, 0.1) is 0 Å². The van der Waals surface area contributed by atoms with E-state index in [0.29, 0.717) is 18.8 Å². The second kappa shape index (κ2) is 9.05. The van der Waals surface area contributed by atoms with E-state index in [1.165, 1.54) is 22.4 Å². The summed E-state index contributed by atoms with van der Waals surface area (Å²) >= 11 is 0. The van der Waals surface area contributed by atoms with Gasteiger partial charge in [0.2, 0.25) is 0 Å². The molecule has 1 heterocycles. The summed E-state index contributed by atoms with van der Waals surface area (Å²) < 4.78 is 7.88. The van der Waals surface area contributed by atoms with Crippen molar-refractivity contribution >= 4 is 11.9 Å². The number of carboxylic acid groups (broad SMARTS) is 2. The molecule has 1 aliphatic rings. The number of hydrogen-bond donors (Lipinski definition) is 3. The first-order chi connectivity index (χ1) is 12.8. The van der Waals surface area contributed by atoms with E-state index in [0.717, 1.165) is 18.7 Å². The van der Waals surface area contributed by atoms with Gasteiger partial charge in [0.25, 0.3) is 0 Å². The molecular formula is C20H24N2O5. The van der Waals surface area contributed by atoms with E-state index < -0.39 is 11.9 Å². The summed E-state index contributed by atoms with van der Waals surface area (Å²) in [6, 6.07) is 8.76. The maximum atomic E-state index is 9.55. The highest BCUT2D eigenvalue weighted by Gasteiger charge is 2.22. The Bertz CT molecular complexity index is 836. The second-order valence-corrected chi connectivity index (χ2v) is 6.26. The monoisotopic (exact) mass is 372 g/mol. The molecule has 0 saturated heterocycles. The number of nitrogens with zero attached hydrogens (tertiary/aromatic N) is 1. The van der Waals surface area contributed by atoms with E-state index in [4.69, 9.17) is 20.7 Å². The van der Waals surface area contributed by atoms with Crippen molar-refractivity contribution in [2.75, 3.05) is 6.61 Å². The number of nitrogens with two attached hydrogens (primary N) is 1. The molecule has 0 radical (unpaired) electrons. The minimum absolute atomic E-state index is 0.163. The van der Waals surface area contributed by atoms with E-state index in [1.807, 2.05) is 13.8 Å². The Morgan fingerprint density at radius 2 is 1.89 bits per heavy atom. The molecule has 27 heavy (non-hydrogen) atoms. The van der Waals surface area contributed by atoms with Crippen molar-refractivity contribution in [1.82, 2.24) is 4.57 Å². The van der Waals surface area contributed by atoms with E-state index in [9.17, 15) is 9.59 Å². The van der Waals surface area contributed by atoms with Gasteiger partial charge in [0.15, 0.2) is 0 Å². The predicted octanol–water partition coefficient (Wildman–Crippen LogP) is 2.52. The van der Waals surface area contributed by atoms with Gasteiger partial charge in [-0.3, -0.25) is 0 Å². The Hall–Kier alpha value is -3.06. The van der Waals surface area contributed by atoms with Crippen molar-refractivity contribution < 1.29 is 24.5 Å². The molecule has 7 heteroatoms. The van der Waals surface area contributed by atoms with Gasteiger partial charge >= 0.3 is 11.9 Å². The van der Waals surface area contributed by atoms with Crippen molar-refractivity contribution in [3.8, 4) is 17.0 Å². The first kappa shape index (κ1) is 20.3. The van der Waals surface area contributed by atoms with Crippen LogP contribution in [0.4, 0.5) is 0 Å². The molecule has 2 aromatic rings. The summed E-state index contributed by atoms with van der Waals surface area (Å²) in [5, 5.41) is 15.6. The van der Waals surface area contributed by atoms with Crippen LogP contribution in [-0.2, 0) is 22.6 Å². The fourth-order valence-electron chi connectivity index (χ4n) is 2.98. The number of ether oxygens (including phenoxy) is 1. The quantitative estimate of drug-likeness (QED) is 0.573. The number of aromatic nitrogens is 1. The van der Waals surface area contributed by atoms with Crippen molar-refractivity contribution in [1.29, 1.82) is 0 Å². The highest BCUT2D eigenvalue weighted by Crippen LogP contribution is 2.39. The predicted molar refractivity (Wildman–Crippen MR) is 102 cm³/mol. The summed E-state index contributed by atoms with van der Waals surface area (Å²) in [6.07, 6.45) is 4.28. The lowest BCUT2D eigenvalue weighted by Crippen LogP contribution is -2.22. The van der Waals surface area contributed by atoms with Crippen LogP contribution in [-0.4, -0.2) is 39.4 Å². The van der Waals surface area contributed by atoms with Gasteiger partial charge < -0.3 is 25.3 Å². The molecule has 4 N–H and O–H groups in total. The zero-order valence-corrected chi connectivity index (χ0v) is 15.4. The van der Waals surface area contributed by atoms with Crippen molar-refractivity contribution in [3.05, 3.63) is 53.7 Å². The SMILES string of the molecule is CCOc1ccc2c(c1)-c1c(ccn1CC(C)N)C2.O=C(O)/C=C/C(=O)O. The number of rotatable bonds is 6. The van der Waals surface area contributed by atoms with Gasteiger partial charge in [-0.15, -0.1) is 0 Å².